The van der Waals surface area contributed by atoms with Crippen LogP contribution >= 0.6 is 0 Å². The molecule has 0 bridgehead atoms. The zero-order chi connectivity index (χ0) is 27.3. The SMILES string of the molecule is CCC1(O)CCC(CCOc2ccc(C#N)cc2)[C@H](C)C1C(=O)N(C=O)c1ccc(C#N)c2ccccc12. The van der Waals surface area contributed by atoms with Gasteiger partial charge in [0.2, 0.25) is 12.3 Å². The minimum Gasteiger partial charge on any atom is -0.494 e. The van der Waals surface area contributed by atoms with E-state index in [-0.39, 0.29) is 11.8 Å². The minimum atomic E-state index is -1.23. The van der Waals surface area contributed by atoms with Crippen LogP contribution in [0, 0.1) is 40.4 Å². The molecule has 0 aliphatic heterocycles. The quantitative estimate of drug-likeness (QED) is 0.410. The predicted molar refractivity (Wildman–Crippen MR) is 144 cm³/mol. The summed E-state index contributed by atoms with van der Waals surface area (Å²) in [6.07, 6.45) is 2.78. The first-order chi connectivity index (χ1) is 18.4. The molecular formula is C31H31N3O4. The van der Waals surface area contributed by atoms with Crippen LogP contribution in [0.5, 0.6) is 5.75 Å². The first-order valence-electron chi connectivity index (χ1n) is 12.9. The van der Waals surface area contributed by atoms with Crippen LogP contribution in [0.4, 0.5) is 5.69 Å². The number of carbonyl (C=O) groups is 2. The molecule has 1 N–H and O–H groups in total. The molecule has 1 aliphatic rings. The third kappa shape index (κ3) is 5.11. The van der Waals surface area contributed by atoms with E-state index in [2.05, 4.69) is 12.1 Å². The molecule has 1 aliphatic carbocycles. The van der Waals surface area contributed by atoms with Gasteiger partial charge in [0.1, 0.15) is 5.75 Å². The fourth-order valence-corrected chi connectivity index (χ4v) is 5.80. The van der Waals surface area contributed by atoms with Crippen LogP contribution < -0.4 is 9.64 Å². The summed E-state index contributed by atoms with van der Waals surface area (Å²) in [6.45, 7) is 4.27. The molecule has 1 fully saturated rings. The van der Waals surface area contributed by atoms with Crippen LogP contribution in [0.1, 0.15) is 50.7 Å². The second kappa shape index (κ2) is 11.5. The van der Waals surface area contributed by atoms with Crippen molar-refractivity contribution in [2.75, 3.05) is 11.5 Å². The molecule has 4 rings (SSSR count). The van der Waals surface area contributed by atoms with E-state index in [4.69, 9.17) is 10.00 Å². The molecule has 1 saturated carbocycles. The Kier molecular flexibility index (Phi) is 8.10. The Morgan fingerprint density at radius 1 is 1.11 bits per heavy atom. The number of nitriles is 2. The molecule has 38 heavy (non-hydrogen) atoms. The van der Waals surface area contributed by atoms with E-state index in [0.717, 1.165) is 11.3 Å². The molecule has 7 heteroatoms. The van der Waals surface area contributed by atoms with E-state index in [1.165, 1.54) is 0 Å². The summed E-state index contributed by atoms with van der Waals surface area (Å²) in [5.41, 5.74) is 0.191. The zero-order valence-electron chi connectivity index (χ0n) is 21.6. The van der Waals surface area contributed by atoms with Gasteiger partial charge in [0, 0.05) is 10.8 Å². The number of hydrogen-bond donors (Lipinski definition) is 1. The molecular weight excluding hydrogens is 478 g/mol. The maximum Gasteiger partial charge on any atom is 0.239 e. The number of rotatable bonds is 8. The molecule has 3 aromatic rings. The molecule has 3 unspecified atom stereocenters. The van der Waals surface area contributed by atoms with Gasteiger partial charge in [-0.2, -0.15) is 10.5 Å². The number of amides is 2. The van der Waals surface area contributed by atoms with Crippen molar-refractivity contribution in [2.45, 2.75) is 45.1 Å². The third-order valence-electron chi connectivity index (χ3n) is 8.04. The second-order valence-electron chi connectivity index (χ2n) is 9.97. The largest absolute Gasteiger partial charge is 0.494 e. The van der Waals surface area contributed by atoms with Gasteiger partial charge in [0.05, 0.1) is 47.1 Å². The van der Waals surface area contributed by atoms with Gasteiger partial charge in [0.15, 0.2) is 0 Å². The smallest absolute Gasteiger partial charge is 0.239 e. The van der Waals surface area contributed by atoms with E-state index < -0.39 is 17.4 Å². The maximum atomic E-state index is 14.0. The van der Waals surface area contributed by atoms with E-state index in [1.54, 1.807) is 54.6 Å². The lowest BCUT2D eigenvalue weighted by Crippen LogP contribution is -2.55. The second-order valence-corrected chi connectivity index (χ2v) is 9.97. The van der Waals surface area contributed by atoms with Crippen molar-refractivity contribution in [2.24, 2.45) is 17.8 Å². The zero-order valence-corrected chi connectivity index (χ0v) is 21.6. The normalized spacial score (nSPS) is 22.7. The molecule has 0 aromatic heterocycles. The molecule has 0 spiro atoms. The number of benzene rings is 3. The van der Waals surface area contributed by atoms with Gasteiger partial charge in [0.25, 0.3) is 0 Å². The number of hydrogen-bond acceptors (Lipinski definition) is 6. The Labute approximate surface area is 222 Å². The highest BCUT2D eigenvalue weighted by Crippen LogP contribution is 2.46. The summed E-state index contributed by atoms with van der Waals surface area (Å²) in [5, 5.41) is 31.3. The fourth-order valence-electron chi connectivity index (χ4n) is 5.80. The van der Waals surface area contributed by atoms with Crippen molar-refractivity contribution in [3.05, 3.63) is 71.8 Å². The summed E-state index contributed by atoms with van der Waals surface area (Å²) >= 11 is 0. The van der Waals surface area contributed by atoms with E-state index in [9.17, 15) is 20.0 Å². The van der Waals surface area contributed by atoms with Crippen LogP contribution in [0.3, 0.4) is 0 Å². The Morgan fingerprint density at radius 3 is 2.45 bits per heavy atom. The van der Waals surface area contributed by atoms with Crippen molar-refractivity contribution < 1.29 is 19.4 Å². The van der Waals surface area contributed by atoms with Crippen molar-refractivity contribution in [1.82, 2.24) is 0 Å². The van der Waals surface area contributed by atoms with Crippen molar-refractivity contribution in [3.63, 3.8) is 0 Å². The van der Waals surface area contributed by atoms with Gasteiger partial charge in [-0.05, 0) is 73.9 Å². The van der Waals surface area contributed by atoms with Gasteiger partial charge < -0.3 is 9.84 Å². The monoisotopic (exact) mass is 509 g/mol. The van der Waals surface area contributed by atoms with Gasteiger partial charge in [-0.25, -0.2) is 0 Å². The molecule has 0 radical (unpaired) electrons. The van der Waals surface area contributed by atoms with Crippen LogP contribution in [-0.4, -0.2) is 29.6 Å². The Bertz CT molecular complexity index is 1410. The Balaban J connectivity index is 1.58. The molecule has 0 heterocycles. The lowest BCUT2D eigenvalue weighted by atomic mass is 9.62. The molecule has 2 amide bonds. The van der Waals surface area contributed by atoms with Gasteiger partial charge in [-0.1, -0.05) is 38.1 Å². The average molecular weight is 510 g/mol. The first kappa shape index (κ1) is 26.9. The molecule has 4 atom stereocenters. The summed E-state index contributed by atoms with van der Waals surface area (Å²) < 4.78 is 5.89. The van der Waals surface area contributed by atoms with Gasteiger partial charge >= 0.3 is 0 Å². The number of carbonyl (C=O) groups excluding carboxylic acids is 2. The molecule has 7 nitrogen and oxygen atoms in total. The van der Waals surface area contributed by atoms with Gasteiger partial charge in [-0.3, -0.25) is 14.5 Å². The number of aliphatic hydroxyl groups is 1. The average Bonchev–Trinajstić information content (AvgIpc) is 2.95. The van der Waals surface area contributed by atoms with Crippen molar-refractivity contribution in [3.8, 4) is 17.9 Å². The topological polar surface area (TPSA) is 114 Å². The Morgan fingerprint density at radius 2 is 1.82 bits per heavy atom. The maximum absolute atomic E-state index is 14.0. The van der Waals surface area contributed by atoms with Crippen molar-refractivity contribution >= 4 is 28.8 Å². The number of imide groups is 1. The highest BCUT2D eigenvalue weighted by atomic mass is 16.5. The number of fused-ring (bicyclic) bond motifs is 1. The first-order valence-corrected chi connectivity index (χ1v) is 12.9. The van der Waals surface area contributed by atoms with E-state index >= 15 is 0 Å². The highest BCUT2D eigenvalue weighted by molar-refractivity contribution is 6.14. The van der Waals surface area contributed by atoms with Gasteiger partial charge in [-0.15, -0.1) is 0 Å². The third-order valence-corrected chi connectivity index (χ3v) is 8.04. The van der Waals surface area contributed by atoms with Crippen LogP contribution in [0.15, 0.2) is 60.7 Å². The summed E-state index contributed by atoms with van der Waals surface area (Å²) in [5.74, 6) is -0.631. The fraction of sp³-hybridized carbons (Fsp3) is 0.355. The standard InChI is InChI=1S/C31H31N3O4/c1-3-31(37)16-14-23(15-17-38-25-11-8-22(18-32)9-12-25)21(2)29(31)30(36)34(20-35)28-13-10-24(19-33)26-6-4-5-7-27(26)28/h4-13,20-21,23,29,37H,3,14-17H2,1-2H3/t21-,23?,29?,31?/m0/s1. The Hall–Kier alpha value is -4.20. The van der Waals surface area contributed by atoms with Crippen LogP contribution in [-0.2, 0) is 9.59 Å². The number of nitrogens with zero attached hydrogens (tertiary/aromatic N) is 3. The molecule has 194 valence electrons. The lowest BCUT2D eigenvalue weighted by molar-refractivity contribution is -0.146. The van der Waals surface area contributed by atoms with Crippen LogP contribution in [0.2, 0.25) is 0 Å². The van der Waals surface area contributed by atoms with E-state index in [0.29, 0.717) is 65.6 Å². The predicted octanol–water partition coefficient (Wildman–Crippen LogP) is 5.35. The number of ether oxygens (including phenoxy) is 1. The lowest BCUT2D eigenvalue weighted by Gasteiger charge is -2.47. The summed E-state index contributed by atoms with van der Waals surface area (Å²) in [7, 11) is 0. The number of anilines is 1. The molecule has 0 saturated heterocycles. The molecule has 3 aromatic carbocycles. The van der Waals surface area contributed by atoms with E-state index in [1.807, 2.05) is 19.9 Å². The summed E-state index contributed by atoms with van der Waals surface area (Å²) in [6, 6.07) is 21.6. The summed E-state index contributed by atoms with van der Waals surface area (Å²) in [4.78, 5) is 27.5. The highest BCUT2D eigenvalue weighted by Gasteiger charge is 2.50. The van der Waals surface area contributed by atoms with Crippen molar-refractivity contribution in [1.29, 1.82) is 10.5 Å². The van der Waals surface area contributed by atoms with Crippen LogP contribution in [0.25, 0.3) is 10.8 Å². The minimum absolute atomic E-state index is 0.111.